The van der Waals surface area contributed by atoms with Gasteiger partial charge in [0.15, 0.2) is 18.6 Å². The summed E-state index contributed by atoms with van der Waals surface area (Å²) in [5.74, 6) is -0.105. The van der Waals surface area contributed by atoms with Crippen LogP contribution < -0.4 is 14.9 Å². The molecule has 0 fully saturated rings. The van der Waals surface area contributed by atoms with Gasteiger partial charge in [-0.3, -0.25) is 9.59 Å². The summed E-state index contributed by atoms with van der Waals surface area (Å²) in [5.41, 5.74) is 0.650. The third-order valence-electron chi connectivity index (χ3n) is 2.74. The van der Waals surface area contributed by atoms with E-state index in [4.69, 9.17) is 9.99 Å². The fourth-order valence-electron chi connectivity index (χ4n) is 1.66. The lowest BCUT2D eigenvalue weighted by Gasteiger charge is -2.08. The Bertz CT molecular complexity index is 668. The van der Waals surface area contributed by atoms with E-state index in [-0.39, 0.29) is 29.4 Å². The second-order valence-electron chi connectivity index (χ2n) is 4.29. The lowest BCUT2D eigenvalue weighted by atomic mass is 10.2. The van der Waals surface area contributed by atoms with E-state index < -0.39 is 5.91 Å². The van der Waals surface area contributed by atoms with E-state index >= 15 is 0 Å². The van der Waals surface area contributed by atoms with Crippen molar-refractivity contribution in [3.63, 3.8) is 0 Å². The zero-order valence-corrected chi connectivity index (χ0v) is 11.4. The van der Waals surface area contributed by atoms with Crippen molar-refractivity contribution < 1.29 is 29.6 Å². The van der Waals surface area contributed by atoms with Crippen molar-refractivity contribution in [1.82, 2.24) is 0 Å². The molecule has 2 rings (SSSR count). The molecule has 0 spiro atoms. The molecule has 3 N–H and O–H groups in total. The Balaban J connectivity index is 1.89. The summed E-state index contributed by atoms with van der Waals surface area (Å²) in [6, 6.07) is 10.2. The van der Waals surface area contributed by atoms with Crippen molar-refractivity contribution in [2.75, 3.05) is 11.9 Å². The highest BCUT2D eigenvalue weighted by Gasteiger charge is 2.06. The number of hydrogen-bond donors (Lipinski definition) is 3. The standard InChI is InChI=1S/C15H13NO6/c17-8-10-1-4-13(7-14(10)18)21-9-15(19)16-11-2-5-12(22-20)6-3-11/h1-8,18,20H,9H2,(H,16,19). The Morgan fingerprint density at radius 3 is 2.41 bits per heavy atom. The topological polar surface area (TPSA) is 105 Å². The van der Waals surface area contributed by atoms with E-state index in [0.29, 0.717) is 12.0 Å². The average molecular weight is 303 g/mol. The molecule has 2 aromatic rings. The summed E-state index contributed by atoms with van der Waals surface area (Å²) in [6.07, 6.45) is 0.519. The van der Waals surface area contributed by atoms with Crippen LogP contribution in [0.4, 0.5) is 5.69 Å². The first kappa shape index (κ1) is 15.3. The number of hydrogen-bond acceptors (Lipinski definition) is 6. The number of carbonyl (C=O) groups excluding carboxylic acids is 2. The molecule has 0 heterocycles. The monoisotopic (exact) mass is 303 g/mol. The molecule has 0 saturated heterocycles. The number of phenolic OH excluding ortho intramolecular Hbond substituents is 1. The molecule has 0 atom stereocenters. The van der Waals surface area contributed by atoms with Crippen LogP contribution in [-0.2, 0) is 4.79 Å². The summed E-state index contributed by atoms with van der Waals surface area (Å²) in [4.78, 5) is 26.3. The third-order valence-corrected chi connectivity index (χ3v) is 2.74. The molecule has 114 valence electrons. The van der Waals surface area contributed by atoms with Gasteiger partial charge in [0.2, 0.25) is 0 Å². The smallest absolute Gasteiger partial charge is 0.262 e. The van der Waals surface area contributed by atoms with Crippen LogP contribution in [0.2, 0.25) is 0 Å². The first-order valence-electron chi connectivity index (χ1n) is 6.24. The lowest BCUT2D eigenvalue weighted by Crippen LogP contribution is -2.20. The number of ether oxygens (including phenoxy) is 1. The first-order chi connectivity index (χ1) is 10.6. The molecular formula is C15H13NO6. The molecular weight excluding hydrogens is 290 g/mol. The van der Waals surface area contributed by atoms with E-state index in [2.05, 4.69) is 10.2 Å². The molecule has 0 aromatic heterocycles. The number of benzene rings is 2. The summed E-state index contributed by atoms with van der Waals surface area (Å²) in [6.45, 7) is -0.266. The summed E-state index contributed by atoms with van der Waals surface area (Å²) in [7, 11) is 0. The van der Waals surface area contributed by atoms with Gasteiger partial charge in [-0.25, -0.2) is 5.26 Å². The van der Waals surface area contributed by atoms with E-state index in [0.717, 1.165) is 0 Å². The SMILES string of the molecule is O=Cc1ccc(OCC(=O)Nc2ccc(OO)cc2)cc1O. The molecule has 7 heteroatoms. The maximum absolute atomic E-state index is 11.7. The minimum atomic E-state index is -0.406. The van der Waals surface area contributed by atoms with Gasteiger partial charge in [-0.2, -0.15) is 0 Å². The van der Waals surface area contributed by atoms with Crippen molar-refractivity contribution >= 4 is 17.9 Å². The number of rotatable bonds is 6. The zero-order valence-electron chi connectivity index (χ0n) is 11.4. The number of anilines is 1. The number of aromatic hydroxyl groups is 1. The molecule has 0 saturated carbocycles. The van der Waals surface area contributed by atoms with Crippen molar-refractivity contribution in [3.05, 3.63) is 48.0 Å². The van der Waals surface area contributed by atoms with Crippen molar-refractivity contribution in [2.24, 2.45) is 0 Å². The fourth-order valence-corrected chi connectivity index (χ4v) is 1.66. The van der Waals surface area contributed by atoms with Crippen LogP contribution in [0.25, 0.3) is 0 Å². The largest absolute Gasteiger partial charge is 0.507 e. The Labute approximate surface area is 125 Å². The number of carbonyl (C=O) groups is 2. The minimum Gasteiger partial charge on any atom is -0.507 e. The number of phenols is 1. The predicted octanol–water partition coefficient (Wildman–Crippen LogP) is 2.07. The van der Waals surface area contributed by atoms with Gasteiger partial charge in [0.25, 0.3) is 5.91 Å². The Morgan fingerprint density at radius 2 is 1.82 bits per heavy atom. The second-order valence-corrected chi connectivity index (χ2v) is 4.29. The molecule has 0 bridgehead atoms. The van der Waals surface area contributed by atoms with Gasteiger partial charge in [-0.05, 0) is 36.4 Å². The van der Waals surface area contributed by atoms with Crippen LogP contribution >= 0.6 is 0 Å². The predicted molar refractivity (Wildman–Crippen MR) is 77.3 cm³/mol. The first-order valence-corrected chi connectivity index (χ1v) is 6.24. The molecule has 0 unspecified atom stereocenters. The number of nitrogens with one attached hydrogen (secondary N) is 1. The number of amides is 1. The van der Waals surface area contributed by atoms with Gasteiger partial charge >= 0.3 is 0 Å². The second kappa shape index (κ2) is 7.09. The molecule has 0 radical (unpaired) electrons. The van der Waals surface area contributed by atoms with Crippen LogP contribution in [0, 0.1) is 0 Å². The van der Waals surface area contributed by atoms with Crippen molar-refractivity contribution in [1.29, 1.82) is 0 Å². The third kappa shape index (κ3) is 3.97. The molecule has 1 amide bonds. The Hall–Kier alpha value is -3.06. The fraction of sp³-hybridized carbons (Fsp3) is 0.0667. The molecule has 0 aliphatic carbocycles. The van der Waals surface area contributed by atoms with E-state index in [9.17, 15) is 14.7 Å². The minimum absolute atomic E-state index is 0.142. The van der Waals surface area contributed by atoms with Gasteiger partial charge in [0.05, 0.1) is 5.56 Å². The van der Waals surface area contributed by atoms with Gasteiger partial charge in [-0.1, -0.05) is 0 Å². The van der Waals surface area contributed by atoms with Gasteiger partial charge < -0.3 is 20.0 Å². The Kier molecular flexibility index (Phi) is 4.94. The quantitative estimate of drug-likeness (QED) is 0.428. The van der Waals surface area contributed by atoms with Crippen molar-refractivity contribution in [2.45, 2.75) is 0 Å². The van der Waals surface area contributed by atoms with E-state index in [1.165, 1.54) is 30.3 Å². The normalized spacial score (nSPS) is 9.86. The average Bonchev–Trinajstić information content (AvgIpc) is 2.54. The van der Waals surface area contributed by atoms with Gasteiger partial charge in [-0.15, -0.1) is 0 Å². The maximum Gasteiger partial charge on any atom is 0.262 e. The van der Waals surface area contributed by atoms with Gasteiger partial charge in [0.1, 0.15) is 11.5 Å². The number of aldehydes is 1. The molecule has 7 nitrogen and oxygen atoms in total. The molecule has 2 aromatic carbocycles. The molecule has 0 aliphatic rings. The van der Waals surface area contributed by atoms with E-state index in [1.54, 1.807) is 12.1 Å². The van der Waals surface area contributed by atoms with Crippen LogP contribution in [-0.4, -0.2) is 29.2 Å². The van der Waals surface area contributed by atoms with Crippen LogP contribution in [0.1, 0.15) is 10.4 Å². The summed E-state index contributed by atoms with van der Waals surface area (Å²) in [5, 5.41) is 20.5. The highest BCUT2D eigenvalue weighted by atomic mass is 17.1. The highest BCUT2D eigenvalue weighted by Crippen LogP contribution is 2.22. The Morgan fingerprint density at radius 1 is 1.14 bits per heavy atom. The maximum atomic E-state index is 11.7. The van der Waals surface area contributed by atoms with Crippen LogP contribution in [0.3, 0.4) is 0 Å². The van der Waals surface area contributed by atoms with Crippen LogP contribution in [0.5, 0.6) is 17.2 Å². The molecule has 22 heavy (non-hydrogen) atoms. The van der Waals surface area contributed by atoms with Gasteiger partial charge in [0, 0.05) is 11.8 Å². The van der Waals surface area contributed by atoms with Crippen molar-refractivity contribution in [3.8, 4) is 17.2 Å². The molecule has 0 aliphatic heterocycles. The zero-order chi connectivity index (χ0) is 15.9. The lowest BCUT2D eigenvalue weighted by molar-refractivity contribution is -0.137. The summed E-state index contributed by atoms with van der Waals surface area (Å²) < 4.78 is 5.21. The summed E-state index contributed by atoms with van der Waals surface area (Å²) >= 11 is 0. The van der Waals surface area contributed by atoms with E-state index in [1.807, 2.05) is 0 Å². The highest BCUT2D eigenvalue weighted by molar-refractivity contribution is 5.91. The van der Waals surface area contributed by atoms with Crippen LogP contribution in [0.15, 0.2) is 42.5 Å².